The summed E-state index contributed by atoms with van der Waals surface area (Å²) < 4.78 is 0. The summed E-state index contributed by atoms with van der Waals surface area (Å²) in [6.45, 7) is 6.19. The molecule has 0 heterocycles. The number of hydrogen-bond acceptors (Lipinski definition) is 2. The minimum absolute atomic E-state index is 0.0678. The number of carbonyl (C=O) groups is 1. The molecule has 0 fully saturated rings. The molecule has 0 aliphatic carbocycles. The van der Waals surface area contributed by atoms with Gasteiger partial charge in [-0.05, 0) is 18.3 Å². The van der Waals surface area contributed by atoms with Crippen LogP contribution in [0.4, 0.5) is 0 Å². The zero-order valence-electron chi connectivity index (χ0n) is 8.18. The van der Waals surface area contributed by atoms with Crippen LogP contribution in [-0.4, -0.2) is 17.7 Å². The van der Waals surface area contributed by atoms with Crippen LogP contribution >= 0.6 is 0 Å². The zero-order valence-corrected chi connectivity index (χ0v) is 8.18. The van der Waals surface area contributed by atoms with Crippen molar-refractivity contribution in [3.05, 3.63) is 0 Å². The summed E-state index contributed by atoms with van der Waals surface area (Å²) in [5.74, 6) is -0.0678. The molecule has 0 unspecified atom stereocenters. The third-order valence-corrected chi connectivity index (χ3v) is 1.61. The summed E-state index contributed by atoms with van der Waals surface area (Å²) in [5.41, 5.74) is 0.291. The molecule has 0 aromatic rings. The third-order valence-electron chi connectivity index (χ3n) is 1.61. The Bertz CT molecular complexity index is 138. The molecule has 1 amide bonds. The van der Waals surface area contributed by atoms with E-state index in [4.69, 9.17) is 5.11 Å². The minimum Gasteiger partial charge on any atom is -0.377 e. The second-order valence-electron chi connectivity index (χ2n) is 4.17. The van der Waals surface area contributed by atoms with E-state index in [2.05, 4.69) is 26.1 Å². The number of amides is 1. The van der Waals surface area contributed by atoms with Crippen molar-refractivity contribution < 1.29 is 9.90 Å². The number of aliphatic hydroxyl groups excluding tert-OH is 1. The Kier molecular flexibility index (Phi) is 4.90. The van der Waals surface area contributed by atoms with Crippen molar-refractivity contribution in [3.63, 3.8) is 0 Å². The van der Waals surface area contributed by atoms with Crippen LogP contribution in [0.1, 0.15) is 40.0 Å². The molecular formula is C9H19NO2. The van der Waals surface area contributed by atoms with Crippen LogP contribution in [0.2, 0.25) is 0 Å². The van der Waals surface area contributed by atoms with Gasteiger partial charge in [-0.25, -0.2) is 0 Å². The fourth-order valence-corrected chi connectivity index (χ4v) is 0.956. The van der Waals surface area contributed by atoms with Crippen LogP contribution in [0.5, 0.6) is 0 Å². The molecule has 0 rings (SSSR count). The standard InChI is InChI=1S/C9H19NO2/c1-9(2,3)6-4-5-8(12)10-7-11/h11H,4-7H2,1-3H3,(H,10,12). The minimum atomic E-state index is -0.256. The lowest BCUT2D eigenvalue weighted by Gasteiger charge is -2.17. The molecule has 0 aliphatic rings. The van der Waals surface area contributed by atoms with E-state index in [1.807, 2.05) is 0 Å². The molecule has 0 aliphatic heterocycles. The lowest BCUT2D eigenvalue weighted by molar-refractivity contribution is -0.122. The molecule has 0 aromatic carbocycles. The number of rotatable bonds is 4. The molecule has 0 atom stereocenters. The van der Waals surface area contributed by atoms with E-state index in [0.717, 1.165) is 12.8 Å². The second kappa shape index (κ2) is 5.14. The molecular weight excluding hydrogens is 154 g/mol. The summed E-state index contributed by atoms with van der Waals surface area (Å²) in [6, 6.07) is 0. The molecule has 0 spiro atoms. The molecule has 0 radical (unpaired) electrons. The van der Waals surface area contributed by atoms with Gasteiger partial charge in [0.15, 0.2) is 0 Å². The van der Waals surface area contributed by atoms with Crippen LogP contribution in [0.15, 0.2) is 0 Å². The average Bonchev–Trinajstić information content (AvgIpc) is 1.84. The maximum absolute atomic E-state index is 10.9. The van der Waals surface area contributed by atoms with E-state index < -0.39 is 0 Å². The molecule has 72 valence electrons. The van der Waals surface area contributed by atoms with Gasteiger partial charge in [0.2, 0.25) is 5.91 Å². The third kappa shape index (κ3) is 7.54. The smallest absolute Gasteiger partial charge is 0.221 e. The Hall–Kier alpha value is -0.570. The van der Waals surface area contributed by atoms with Crippen LogP contribution in [0.3, 0.4) is 0 Å². The Labute approximate surface area is 74.2 Å². The maximum atomic E-state index is 10.9. The molecule has 0 saturated heterocycles. The zero-order chi connectivity index (χ0) is 9.61. The number of nitrogens with one attached hydrogen (secondary N) is 1. The predicted octanol–water partition coefficient (Wildman–Crippen LogP) is 1.27. The number of carbonyl (C=O) groups excluding carboxylic acids is 1. The fraction of sp³-hybridized carbons (Fsp3) is 0.889. The Morgan fingerprint density at radius 2 is 2.00 bits per heavy atom. The quantitative estimate of drug-likeness (QED) is 0.629. The van der Waals surface area contributed by atoms with E-state index in [9.17, 15) is 4.79 Å². The van der Waals surface area contributed by atoms with E-state index in [-0.39, 0.29) is 12.6 Å². The highest BCUT2D eigenvalue weighted by atomic mass is 16.3. The van der Waals surface area contributed by atoms with Gasteiger partial charge in [0.1, 0.15) is 6.73 Å². The average molecular weight is 173 g/mol. The first-order valence-electron chi connectivity index (χ1n) is 4.33. The summed E-state index contributed by atoms with van der Waals surface area (Å²) in [4.78, 5) is 10.9. The van der Waals surface area contributed by atoms with Crippen LogP contribution < -0.4 is 5.32 Å². The summed E-state index contributed by atoms with van der Waals surface area (Å²) in [7, 11) is 0. The monoisotopic (exact) mass is 173 g/mol. The Morgan fingerprint density at radius 1 is 1.42 bits per heavy atom. The largest absolute Gasteiger partial charge is 0.377 e. The lowest BCUT2D eigenvalue weighted by Crippen LogP contribution is -2.23. The van der Waals surface area contributed by atoms with Gasteiger partial charge in [-0.2, -0.15) is 0 Å². The van der Waals surface area contributed by atoms with Gasteiger partial charge < -0.3 is 10.4 Å². The van der Waals surface area contributed by atoms with Crippen molar-refractivity contribution in [1.29, 1.82) is 0 Å². The van der Waals surface area contributed by atoms with Gasteiger partial charge in [0.05, 0.1) is 0 Å². The summed E-state index contributed by atoms with van der Waals surface area (Å²) in [6.07, 6.45) is 2.43. The van der Waals surface area contributed by atoms with Gasteiger partial charge in [-0.3, -0.25) is 4.79 Å². The van der Waals surface area contributed by atoms with E-state index in [1.165, 1.54) is 0 Å². The van der Waals surface area contributed by atoms with Gasteiger partial charge in [0, 0.05) is 6.42 Å². The highest BCUT2D eigenvalue weighted by Crippen LogP contribution is 2.21. The predicted molar refractivity (Wildman–Crippen MR) is 48.5 cm³/mol. The van der Waals surface area contributed by atoms with Crippen molar-refractivity contribution in [1.82, 2.24) is 5.32 Å². The van der Waals surface area contributed by atoms with Crippen molar-refractivity contribution >= 4 is 5.91 Å². The molecule has 3 nitrogen and oxygen atoms in total. The van der Waals surface area contributed by atoms with Gasteiger partial charge in [0.25, 0.3) is 0 Å². The normalized spacial score (nSPS) is 11.3. The van der Waals surface area contributed by atoms with Crippen LogP contribution in [-0.2, 0) is 4.79 Å². The first-order chi connectivity index (χ1) is 5.45. The molecule has 0 aromatic heterocycles. The van der Waals surface area contributed by atoms with Crippen LogP contribution in [0.25, 0.3) is 0 Å². The van der Waals surface area contributed by atoms with E-state index in [1.54, 1.807) is 0 Å². The van der Waals surface area contributed by atoms with Crippen molar-refractivity contribution in [2.45, 2.75) is 40.0 Å². The first kappa shape index (κ1) is 11.4. The maximum Gasteiger partial charge on any atom is 0.221 e. The fourth-order valence-electron chi connectivity index (χ4n) is 0.956. The first-order valence-corrected chi connectivity index (χ1v) is 4.33. The van der Waals surface area contributed by atoms with Crippen LogP contribution in [0, 0.1) is 5.41 Å². The molecule has 0 bridgehead atoms. The SMILES string of the molecule is CC(C)(C)CCCC(=O)NCO. The summed E-state index contributed by atoms with van der Waals surface area (Å²) in [5, 5.41) is 10.7. The molecule has 0 saturated carbocycles. The van der Waals surface area contributed by atoms with E-state index in [0.29, 0.717) is 11.8 Å². The van der Waals surface area contributed by atoms with E-state index >= 15 is 0 Å². The second-order valence-corrected chi connectivity index (χ2v) is 4.17. The van der Waals surface area contributed by atoms with Crippen molar-refractivity contribution in [3.8, 4) is 0 Å². The highest BCUT2D eigenvalue weighted by molar-refractivity contribution is 5.75. The van der Waals surface area contributed by atoms with Crippen molar-refractivity contribution in [2.24, 2.45) is 5.41 Å². The molecule has 12 heavy (non-hydrogen) atoms. The summed E-state index contributed by atoms with van der Waals surface area (Å²) >= 11 is 0. The molecule has 2 N–H and O–H groups in total. The topological polar surface area (TPSA) is 49.3 Å². The van der Waals surface area contributed by atoms with Gasteiger partial charge in [-0.1, -0.05) is 20.8 Å². The van der Waals surface area contributed by atoms with Crippen molar-refractivity contribution in [2.75, 3.05) is 6.73 Å². The molecule has 3 heteroatoms. The highest BCUT2D eigenvalue weighted by Gasteiger charge is 2.10. The number of aliphatic hydroxyl groups is 1. The Balaban J connectivity index is 3.37. The van der Waals surface area contributed by atoms with Gasteiger partial charge >= 0.3 is 0 Å². The Morgan fingerprint density at radius 3 is 2.42 bits per heavy atom. The number of hydrogen-bond donors (Lipinski definition) is 2. The van der Waals surface area contributed by atoms with Gasteiger partial charge in [-0.15, -0.1) is 0 Å². The lowest BCUT2D eigenvalue weighted by atomic mass is 9.90.